The number of ether oxygens (including phenoxy) is 1. The van der Waals surface area contributed by atoms with Gasteiger partial charge in [0.25, 0.3) is 0 Å². The molecule has 2 atom stereocenters. The minimum Gasteiger partial charge on any atom is -0.469 e. The maximum Gasteiger partial charge on any atom is 0.313 e. The number of carbonyl (C=O) groups excluding carboxylic acids is 1. The van der Waals surface area contributed by atoms with Crippen LogP contribution in [0.25, 0.3) is 0 Å². The third kappa shape index (κ3) is 2.79. The zero-order valence-electron chi connectivity index (χ0n) is 9.78. The topological polar surface area (TPSA) is 38.3 Å². The van der Waals surface area contributed by atoms with Gasteiger partial charge >= 0.3 is 5.97 Å². The summed E-state index contributed by atoms with van der Waals surface area (Å²) in [6.45, 7) is 1.81. The standard InChI is InChI=1S/C13H16ClNO2/c1-17-13(16)12(10-5-6-15-8-10)9-3-2-4-11(14)7-9/h2-4,7,10,12,15H,5-6,8H2,1H3. The average molecular weight is 254 g/mol. The van der Waals surface area contributed by atoms with Crippen LogP contribution in [0, 0.1) is 5.92 Å². The molecule has 0 saturated carbocycles. The Morgan fingerprint density at radius 2 is 2.41 bits per heavy atom. The summed E-state index contributed by atoms with van der Waals surface area (Å²) in [7, 11) is 1.43. The number of benzene rings is 1. The van der Waals surface area contributed by atoms with E-state index in [9.17, 15) is 4.79 Å². The van der Waals surface area contributed by atoms with Crippen LogP contribution in [-0.4, -0.2) is 26.2 Å². The zero-order chi connectivity index (χ0) is 12.3. The molecule has 1 fully saturated rings. The van der Waals surface area contributed by atoms with Gasteiger partial charge in [0.2, 0.25) is 0 Å². The van der Waals surface area contributed by atoms with E-state index in [4.69, 9.17) is 16.3 Å². The fourth-order valence-electron chi connectivity index (χ4n) is 2.39. The highest BCUT2D eigenvalue weighted by Gasteiger charge is 2.32. The third-order valence-corrected chi connectivity index (χ3v) is 3.47. The van der Waals surface area contributed by atoms with Crippen LogP contribution < -0.4 is 5.32 Å². The van der Waals surface area contributed by atoms with Crippen LogP contribution in [-0.2, 0) is 9.53 Å². The van der Waals surface area contributed by atoms with Gasteiger partial charge in [-0.05, 0) is 43.1 Å². The maximum absolute atomic E-state index is 11.9. The molecule has 4 heteroatoms. The number of esters is 1. The zero-order valence-corrected chi connectivity index (χ0v) is 10.5. The van der Waals surface area contributed by atoms with E-state index in [-0.39, 0.29) is 11.9 Å². The summed E-state index contributed by atoms with van der Waals surface area (Å²) in [6, 6.07) is 7.47. The third-order valence-electron chi connectivity index (χ3n) is 3.23. The van der Waals surface area contributed by atoms with E-state index in [1.807, 2.05) is 24.3 Å². The van der Waals surface area contributed by atoms with Crippen LogP contribution in [0.3, 0.4) is 0 Å². The molecule has 1 aromatic carbocycles. The molecule has 1 aliphatic rings. The average Bonchev–Trinajstić information content (AvgIpc) is 2.83. The molecule has 0 amide bonds. The summed E-state index contributed by atoms with van der Waals surface area (Å²) < 4.78 is 4.91. The Morgan fingerprint density at radius 1 is 1.59 bits per heavy atom. The predicted molar refractivity (Wildman–Crippen MR) is 67.2 cm³/mol. The van der Waals surface area contributed by atoms with Crippen molar-refractivity contribution in [3.8, 4) is 0 Å². The van der Waals surface area contributed by atoms with Crippen molar-refractivity contribution in [2.45, 2.75) is 12.3 Å². The van der Waals surface area contributed by atoms with Crippen LogP contribution in [0.15, 0.2) is 24.3 Å². The molecular weight excluding hydrogens is 238 g/mol. The van der Waals surface area contributed by atoms with Gasteiger partial charge in [0, 0.05) is 5.02 Å². The highest BCUT2D eigenvalue weighted by Crippen LogP contribution is 2.31. The number of carbonyl (C=O) groups is 1. The van der Waals surface area contributed by atoms with Gasteiger partial charge in [-0.15, -0.1) is 0 Å². The highest BCUT2D eigenvalue weighted by atomic mass is 35.5. The van der Waals surface area contributed by atoms with E-state index in [2.05, 4.69) is 5.32 Å². The molecule has 0 spiro atoms. The lowest BCUT2D eigenvalue weighted by molar-refractivity contribution is -0.143. The van der Waals surface area contributed by atoms with E-state index < -0.39 is 0 Å². The van der Waals surface area contributed by atoms with Crippen molar-refractivity contribution in [1.29, 1.82) is 0 Å². The molecule has 1 aromatic rings. The Labute approximate surface area is 106 Å². The van der Waals surface area contributed by atoms with Gasteiger partial charge in [0.1, 0.15) is 0 Å². The van der Waals surface area contributed by atoms with Gasteiger partial charge < -0.3 is 10.1 Å². The maximum atomic E-state index is 11.9. The monoisotopic (exact) mass is 253 g/mol. The summed E-state index contributed by atoms with van der Waals surface area (Å²) in [6.07, 6.45) is 0.992. The number of hydrogen-bond acceptors (Lipinski definition) is 3. The number of nitrogens with one attached hydrogen (secondary N) is 1. The molecule has 2 rings (SSSR count). The van der Waals surface area contributed by atoms with E-state index in [0.717, 1.165) is 25.1 Å². The number of rotatable bonds is 3. The summed E-state index contributed by atoms with van der Waals surface area (Å²) in [5, 5.41) is 3.93. The fourth-order valence-corrected chi connectivity index (χ4v) is 2.59. The van der Waals surface area contributed by atoms with Crippen molar-refractivity contribution in [3.05, 3.63) is 34.9 Å². The molecule has 0 radical (unpaired) electrons. The molecule has 2 unspecified atom stereocenters. The van der Waals surface area contributed by atoms with Crippen molar-refractivity contribution in [2.75, 3.05) is 20.2 Å². The van der Waals surface area contributed by atoms with E-state index in [1.54, 1.807) is 0 Å². The van der Waals surface area contributed by atoms with Crippen molar-refractivity contribution in [1.82, 2.24) is 5.32 Å². The molecule has 1 heterocycles. The largest absolute Gasteiger partial charge is 0.469 e. The first-order valence-electron chi connectivity index (χ1n) is 5.76. The second kappa shape index (κ2) is 5.52. The summed E-state index contributed by atoms with van der Waals surface area (Å²) in [4.78, 5) is 11.9. The summed E-state index contributed by atoms with van der Waals surface area (Å²) >= 11 is 5.98. The second-order valence-corrected chi connectivity index (χ2v) is 4.75. The Kier molecular flexibility index (Phi) is 4.02. The lowest BCUT2D eigenvalue weighted by atomic mass is 9.85. The Bertz CT molecular complexity index is 402. The molecule has 1 saturated heterocycles. The Morgan fingerprint density at radius 3 is 3.00 bits per heavy atom. The van der Waals surface area contributed by atoms with Gasteiger partial charge in [0.15, 0.2) is 0 Å². The smallest absolute Gasteiger partial charge is 0.313 e. The van der Waals surface area contributed by atoms with Gasteiger partial charge in [-0.1, -0.05) is 23.7 Å². The van der Waals surface area contributed by atoms with Crippen molar-refractivity contribution < 1.29 is 9.53 Å². The molecule has 0 aliphatic carbocycles. The van der Waals surface area contributed by atoms with Crippen LogP contribution in [0.4, 0.5) is 0 Å². The Hall–Kier alpha value is -1.06. The number of methoxy groups -OCH3 is 1. The minimum atomic E-state index is -0.214. The summed E-state index contributed by atoms with van der Waals surface area (Å²) in [5.41, 5.74) is 0.943. The molecule has 0 aromatic heterocycles. The van der Waals surface area contributed by atoms with Gasteiger partial charge in [0.05, 0.1) is 13.0 Å². The number of halogens is 1. The van der Waals surface area contributed by atoms with Crippen LogP contribution in [0.2, 0.25) is 5.02 Å². The molecule has 0 bridgehead atoms. The molecular formula is C13H16ClNO2. The van der Waals surface area contributed by atoms with E-state index in [0.29, 0.717) is 10.9 Å². The van der Waals surface area contributed by atoms with E-state index >= 15 is 0 Å². The molecule has 3 nitrogen and oxygen atoms in total. The van der Waals surface area contributed by atoms with Crippen LogP contribution in [0.1, 0.15) is 17.9 Å². The highest BCUT2D eigenvalue weighted by molar-refractivity contribution is 6.30. The Balaban J connectivity index is 2.29. The van der Waals surface area contributed by atoms with Crippen molar-refractivity contribution in [2.24, 2.45) is 5.92 Å². The lowest BCUT2D eigenvalue weighted by Gasteiger charge is -2.21. The normalized spacial score (nSPS) is 21.2. The fraction of sp³-hybridized carbons (Fsp3) is 0.462. The van der Waals surface area contributed by atoms with Crippen LogP contribution in [0.5, 0.6) is 0 Å². The molecule has 1 N–H and O–H groups in total. The minimum absolute atomic E-state index is 0.180. The van der Waals surface area contributed by atoms with E-state index in [1.165, 1.54) is 7.11 Å². The number of hydrogen-bond donors (Lipinski definition) is 1. The van der Waals surface area contributed by atoms with Gasteiger partial charge in [-0.3, -0.25) is 4.79 Å². The molecule has 1 aliphatic heterocycles. The van der Waals surface area contributed by atoms with Gasteiger partial charge in [-0.25, -0.2) is 0 Å². The lowest BCUT2D eigenvalue weighted by Crippen LogP contribution is -2.24. The van der Waals surface area contributed by atoms with Crippen molar-refractivity contribution >= 4 is 17.6 Å². The summed E-state index contributed by atoms with van der Waals surface area (Å²) in [5.74, 6) is -0.101. The molecule has 92 valence electrons. The first kappa shape index (κ1) is 12.4. The SMILES string of the molecule is COC(=O)C(c1cccc(Cl)c1)C1CCNC1. The molecule has 17 heavy (non-hydrogen) atoms. The first-order chi connectivity index (χ1) is 8.22. The van der Waals surface area contributed by atoms with Gasteiger partial charge in [-0.2, -0.15) is 0 Å². The first-order valence-corrected chi connectivity index (χ1v) is 6.14. The van der Waals surface area contributed by atoms with Crippen LogP contribution >= 0.6 is 11.6 Å². The second-order valence-electron chi connectivity index (χ2n) is 4.31. The quantitative estimate of drug-likeness (QED) is 0.840. The predicted octanol–water partition coefficient (Wildman–Crippen LogP) is 2.21. The van der Waals surface area contributed by atoms with Crippen molar-refractivity contribution in [3.63, 3.8) is 0 Å².